The predicted octanol–water partition coefficient (Wildman–Crippen LogP) is 4.54. The molecule has 1 aliphatic heterocycles. The van der Waals surface area contributed by atoms with Crippen molar-refractivity contribution in [2.75, 3.05) is 19.8 Å². The second-order valence-corrected chi connectivity index (χ2v) is 7.51. The van der Waals surface area contributed by atoms with Crippen molar-refractivity contribution < 1.29 is 18.7 Å². The summed E-state index contributed by atoms with van der Waals surface area (Å²) in [5.74, 6) is 0.614. The van der Waals surface area contributed by atoms with Crippen LogP contribution < -0.4 is 4.74 Å². The van der Waals surface area contributed by atoms with Gasteiger partial charge in [0.15, 0.2) is 6.61 Å². The van der Waals surface area contributed by atoms with Crippen molar-refractivity contribution >= 4 is 5.91 Å². The van der Waals surface area contributed by atoms with Gasteiger partial charge in [-0.1, -0.05) is 44.2 Å². The molecule has 0 radical (unpaired) electrons. The molecule has 1 unspecified atom stereocenters. The summed E-state index contributed by atoms with van der Waals surface area (Å²) >= 11 is 0. The summed E-state index contributed by atoms with van der Waals surface area (Å²) in [6.07, 6.45) is 1.91. The van der Waals surface area contributed by atoms with Crippen LogP contribution in [0.3, 0.4) is 0 Å². The third kappa shape index (κ3) is 5.55. The largest absolute Gasteiger partial charge is 0.484 e. The van der Waals surface area contributed by atoms with Gasteiger partial charge in [-0.25, -0.2) is 4.39 Å². The number of rotatable bonds is 8. The smallest absolute Gasteiger partial charge is 0.260 e. The summed E-state index contributed by atoms with van der Waals surface area (Å²) in [5, 5.41) is 0. The minimum Gasteiger partial charge on any atom is -0.484 e. The molecular formula is C23H28FNO3. The van der Waals surface area contributed by atoms with Crippen molar-refractivity contribution in [1.82, 2.24) is 4.90 Å². The number of carbonyl (C=O) groups excluding carboxylic acids is 1. The summed E-state index contributed by atoms with van der Waals surface area (Å²) in [5.41, 5.74) is 1.72. The van der Waals surface area contributed by atoms with E-state index in [4.69, 9.17) is 9.47 Å². The van der Waals surface area contributed by atoms with Gasteiger partial charge in [-0.3, -0.25) is 4.79 Å². The molecule has 0 spiro atoms. The van der Waals surface area contributed by atoms with Crippen molar-refractivity contribution in [3.05, 3.63) is 65.5 Å². The van der Waals surface area contributed by atoms with E-state index in [1.54, 1.807) is 23.1 Å². The molecule has 2 aromatic carbocycles. The highest BCUT2D eigenvalue weighted by atomic mass is 19.1. The molecule has 0 bridgehead atoms. The minimum absolute atomic E-state index is 0.000971. The minimum atomic E-state index is -0.308. The van der Waals surface area contributed by atoms with Gasteiger partial charge in [0.25, 0.3) is 5.91 Å². The highest BCUT2D eigenvalue weighted by Crippen LogP contribution is 2.20. The summed E-state index contributed by atoms with van der Waals surface area (Å²) in [4.78, 5) is 14.5. The fraction of sp³-hybridized carbons (Fsp3) is 0.435. The number of nitrogens with zero attached hydrogens (tertiary/aromatic N) is 1. The third-order valence-corrected chi connectivity index (χ3v) is 5.03. The van der Waals surface area contributed by atoms with Gasteiger partial charge in [0.1, 0.15) is 11.6 Å². The Morgan fingerprint density at radius 2 is 1.96 bits per heavy atom. The van der Waals surface area contributed by atoms with Gasteiger partial charge in [0, 0.05) is 25.3 Å². The van der Waals surface area contributed by atoms with E-state index in [0.717, 1.165) is 12.8 Å². The van der Waals surface area contributed by atoms with Crippen molar-refractivity contribution in [2.45, 2.75) is 45.3 Å². The Kier molecular flexibility index (Phi) is 7.04. The van der Waals surface area contributed by atoms with E-state index >= 15 is 0 Å². The molecule has 4 nitrogen and oxygen atoms in total. The Morgan fingerprint density at radius 1 is 1.21 bits per heavy atom. The average molecular weight is 385 g/mol. The molecule has 3 rings (SSSR count). The fourth-order valence-electron chi connectivity index (χ4n) is 3.31. The molecule has 1 aliphatic rings. The lowest BCUT2D eigenvalue weighted by Crippen LogP contribution is -2.39. The predicted molar refractivity (Wildman–Crippen MR) is 107 cm³/mol. The van der Waals surface area contributed by atoms with Crippen LogP contribution in [0.5, 0.6) is 5.75 Å². The van der Waals surface area contributed by atoms with Crippen LogP contribution in [0, 0.1) is 5.82 Å². The maximum atomic E-state index is 14.1. The zero-order chi connectivity index (χ0) is 19.9. The van der Waals surface area contributed by atoms with E-state index in [0.29, 0.717) is 30.4 Å². The maximum Gasteiger partial charge on any atom is 0.260 e. The average Bonchev–Trinajstić information content (AvgIpc) is 3.20. The SMILES string of the molecule is CC(C)c1ccc(OCC(=O)N(Cc2ccccc2F)CC2CCCO2)cc1. The van der Waals surface area contributed by atoms with Crippen LogP contribution in [0.4, 0.5) is 4.39 Å². The zero-order valence-corrected chi connectivity index (χ0v) is 16.6. The topological polar surface area (TPSA) is 38.8 Å². The molecule has 5 heteroatoms. The van der Waals surface area contributed by atoms with E-state index in [1.807, 2.05) is 24.3 Å². The van der Waals surface area contributed by atoms with E-state index in [9.17, 15) is 9.18 Å². The number of hydrogen-bond acceptors (Lipinski definition) is 3. The van der Waals surface area contributed by atoms with E-state index < -0.39 is 0 Å². The van der Waals surface area contributed by atoms with E-state index in [2.05, 4.69) is 13.8 Å². The molecule has 1 heterocycles. The van der Waals surface area contributed by atoms with Gasteiger partial charge < -0.3 is 14.4 Å². The Hall–Kier alpha value is -2.40. The van der Waals surface area contributed by atoms with E-state index in [-0.39, 0.29) is 31.0 Å². The van der Waals surface area contributed by atoms with Crippen LogP contribution in [0.2, 0.25) is 0 Å². The normalized spacial score (nSPS) is 16.4. The van der Waals surface area contributed by atoms with Crippen LogP contribution in [-0.4, -0.2) is 36.7 Å². The molecular weight excluding hydrogens is 357 g/mol. The van der Waals surface area contributed by atoms with Crippen LogP contribution in [0.15, 0.2) is 48.5 Å². The zero-order valence-electron chi connectivity index (χ0n) is 16.6. The number of halogens is 1. The Balaban J connectivity index is 1.64. The first-order chi connectivity index (χ1) is 13.5. The van der Waals surface area contributed by atoms with Crippen LogP contribution >= 0.6 is 0 Å². The van der Waals surface area contributed by atoms with Crippen LogP contribution in [0.1, 0.15) is 43.7 Å². The van der Waals surface area contributed by atoms with Crippen molar-refractivity contribution in [2.24, 2.45) is 0 Å². The molecule has 0 N–H and O–H groups in total. The second kappa shape index (κ2) is 9.69. The van der Waals surface area contributed by atoms with Gasteiger partial charge in [-0.2, -0.15) is 0 Å². The molecule has 1 saturated heterocycles. The van der Waals surface area contributed by atoms with E-state index in [1.165, 1.54) is 11.6 Å². The van der Waals surface area contributed by atoms with Gasteiger partial charge >= 0.3 is 0 Å². The molecule has 1 amide bonds. The number of hydrogen-bond donors (Lipinski definition) is 0. The van der Waals surface area contributed by atoms with Crippen molar-refractivity contribution in [3.8, 4) is 5.75 Å². The molecule has 0 aromatic heterocycles. The fourth-order valence-corrected chi connectivity index (χ4v) is 3.31. The first-order valence-electron chi connectivity index (χ1n) is 9.88. The molecule has 28 heavy (non-hydrogen) atoms. The monoisotopic (exact) mass is 385 g/mol. The highest BCUT2D eigenvalue weighted by molar-refractivity contribution is 5.77. The summed E-state index contributed by atoms with van der Waals surface area (Å²) in [6.45, 7) is 5.55. The maximum absolute atomic E-state index is 14.1. The summed E-state index contributed by atoms with van der Waals surface area (Å²) in [7, 11) is 0. The lowest BCUT2D eigenvalue weighted by Gasteiger charge is -2.26. The third-order valence-electron chi connectivity index (χ3n) is 5.03. The van der Waals surface area contributed by atoms with Gasteiger partial charge in [-0.15, -0.1) is 0 Å². The Morgan fingerprint density at radius 3 is 2.61 bits per heavy atom. The van der Waals surface area contributed by atoms with Gasteiger partial charge in [0.2, 0.25) is 0 Å². The van der Waals surface area contributed by atoms with Crippen LogP contribution in [0.25, 0.3) is 0 Å². The standard InChI is InChI=1S/C23H28FNO3/c1-17(2)18-9-11-20(12-10-18)28-16-23(26)25(15-21-7-5-13-27-21)14-19-6-3-4-8-22(19)24/h3-4,6,8-12,17,21H,5,7,13-16H2,1-2H3. The Labute approximate surface area is 166 Å². The molecule has 0 saturated carbocycles. The summed E-state index contributed by atoms with van der Waals surface area (Å²) < 4.78 is 25.4. The van der Waals surface area contributed by atoms with Crippen molar-refractivity contribution in [3.63, 3.8) is 0 Å². The van der Waals surface area contributed by atoms with Gasteiger partial charge in [-0.05, 0) is 42.5 Å². The lowest BCUT2D eigenvalue weighted by atomic mass is 10.0. The second-order valence-electron chi connectivity index (χ2n) is 7.51. The lowest BCUT2D eigenvalue weighted by molar-refractivity contribution is -0.135. The van der Waals surface area contributed by atoms with Crippen molar-refractivity contribution in [1.29, 1.82) is 0 Å². The first-order valence-corrected chi connectivity index (χ1v) is 9.88. The number of amides is 1. The van der Waals surface area contributed by atoms with Crippen LogP contribution in [-0.2, 0) is 16.1 Å². The van der Waals surface area contributed by atoms with Gasteiger partial charge in [0.05, 0.1) is 6.10 Å². The number of ether oxygens (including phenoxy) is 2. The first kappa shape index (κ1) is 20.3. The molecule has 150 valence electrons. The molecule has 1 fully saturated rings. The number of carbonyl (C=O) groups is 1. The number of benzene rings is 2. The quantitative estimate of drug-likeness (QED) is 0.670. The molecule has 2 aromatic rings. The molecule has 1 atom stereocenters. The summed E-state index contributed by atoms with van der Waals surface area (Å²) in [6, 6.07) is 14.3. The molecule has 0 aliphatic carbocycles. The highest BCUT2D eigenvalue weighted by Gasteiger charge is 2.24. The Bertz CT molecular complexity index is 770.